The summed E-state index contributed by atoms with van der Waals surface area (Å²) in [6.45, 7) is 4.65. The Morgan fingerprint density at radius 2 is 2.25 bits per heavy atom. The van der Waals surface area contributed by atoms with E-state index in [0.717, 1.165) is 18.1 Å². The van der Waals surface area contributed by atoms with Crippen LogP contribution in [0.3, 0.4) is 0 Å². The van der Waals surface area contributed by atoms with Gasteiger partial charge in [0.2, 0.25) is 15.9 Å². The molecule has 1 saturated heterocycles. The van der Waals surface area contributed by atoms with Crippen LogP contribution < -0.4 is 15.4 Å². The third kappa shape index (κ3) is 5.77. The molecule has 0 bridgehead atoms. The van der Waals surface area contributed by atoms with Gasteiger partial charge < -0.3 is 10.6 Å². The fourth-order valence-corrected chi connectivity index (χ4v) is 4.67. The minimum Gasteiger partial charge on any atom is -0.326 e. The summed E-state index contributed by atoms with van der Waals surface area (Å²) in [6.07, 6.45) is 1.09. The van der Waals surface area contributed by atoms with Crippen LogP contribution in [0.1, 0.15) is 26.7 Å². The van der Waals surface area contributed by atoms with Crippen molar-refractivity contribution in [2.75, 3.05) is 23.4 Å². The van der Waals surface area contributed by atoms with Gasteiger partial charge in [-0.05, 0) is 31.5 Å². The molecular formula is C16H25N3O3S2. The van der Waals surface area contributed by atoms with Gasteiger partial charge in [0, 0.05) is 42.2 Å². The Morgan fingerprint density at radius 1 is 1.46 bits per heavy atom. The summed E-state index contributed by atoms with van der Waals surface area (Å²) in [6, 6.07) is 6.38. The summed E-state index contributed by atoms with van der Waals surface area (Å²) in [5, 5.41) is 6.10. The highest BCUT2D eigenvalue weighted by molar-refractivity contribution is 7.99. The smallest absolute Gasteiger partial charge is 0.240 e. The Kier molecular flexibility index (Phi) is 7.09. The van der Waals surface area contributed by atoms with Gasteiger partial charge in [0.25, 0.3) is 0 Å². The quantitative estimate of drug-likeness (QED) is 0.680. The van der Waals surface area contributed by atoms with Crippen LogP contribution in [-0.2, 0) is 14.8 Å². The molecule has 2 unspecified atom stereocenters. The Bertz CT molecular complexity index is 658. The van der Waals surface area contributed by atoms with Crippen LogP contribution in [0.15, 0.2) is 29.2 Å². The molecule has 1 aromatic carbocycles. The number of hydrogen-bond donors (Lipinski definition) is 3. The lowest BCUT2D eigenvalue weighted by atomic mass is 10.2. The fourth-order valence-electron chi connectivity index (χ4n) is 2.34. The number of thioether (sulfide) groups is 1. The van der Waals surface area contributed by atoms with E-state index in [-0.39, 0.29) is 22.9 Å². The second-order valence-electron chi connectivity index (χ2n) is 5.94. The molecule has 24 heavy (non-hydrogen) atoms. The predicted molar refractivity (Wildman–Crippen MR) is 98.9 cm³/mol. The van der Waals surface area contributed by atoms with Crippen molar-refractivity contribution in [1.82, 2.24) is 10.0 Å². The summed E-state index contributed by atoms with van der Waals surface area (Å²) in [5.41, 5.74) is 0.496. The first-order valence-electron chi connectivity index (χ1n) is 8.14. The molecular weight excluding hydrogens is 346 g/mol. The largest absolute Gasteiger partial charge is 0.326 e. The lowest BCUT2D eigenvalue weighted by molar-refractivity contribution is -0.116. The summed E-state index contributed by atoms with van der Waals surface area (Å²) in [5.74, 6) is 1.88. The van der Waals surface area contributed by atoms with E-state index in [0.29, 0.717) is 18.5 Å². The second-order valence-corrected chi connectivity index (χ2v) is 8.80. The lowest BCUT2D eigenvalue weighted by Gasteiger charge is -2.22. The molecule has 0 spiro atoms. The normalized spacial score (nSPS) is 19.7. The number of nitrogens with one attached hydrogen (secondary N) is 3. The molecule has 134 valence electrons. The molecule has 1 aliphatic rings. The maximum atomic E-state index is 12.3. The molecule has 0 aliphatic carbocycles. The Labute approximate surface area is 148 Å². The van der Waals surface area contributed by atoms with Gasteiger partial charge >= 0.3 is 0 Å². The highest BCUT2D eigenvalue weighted by atomic mass is 32.2. The summed E-state index contributed by atoms with van der Waals surface area (Å²) < 4.78 is 27.3. The van der Waals surface area contributed by atoms with Crippen LogP contribution in [0.4, 0.5) is 5.69 Å². The van der Waals surface area contributed by atoms with Crippen LogP contribution in [0, 0.1) is 0 Å². The molecule has 2 atom stereocenters. The highest BCUT2D eigenvalue weighted by Crippen LogP contribution is 2.17. The second kappa shape index (κ2) is 8.84. The molecule has 1 heterocycles. The van der Waals surface area contributed by atoms with Crippen LogP contribution in [0.2, 0.25) is 0 Å². The number of hydrogen-bond acceptors (Lipinski definition) is 5. The highest BCUT2D eigenvalue weighted by Gasteiger charge is 2.19. The predicted octanol–water partition coefficient (Wildman–Crippen LogP) is 1.80. The molecule has 8 heteroatoms. The number of amides is 1. The zero-order valence-corrected chi connectivity index (χ0v) is 15.7. The fraction of sp³-hybridized carbons (Fsp3) is 0.562. The SMILES string of the molecule is CCC(C)NS(=O)(=O)c1cccc(NC(=O)CC2CSCCN2)c1. The molecule has 2 rings (SSSR count). The third-order valence-electron chi connectivity index (χ3n) is 3.83. The van der Waals surface area contributed by atoms with Gasteiger partial charge in [0.1, 0.15) is 0 Å². The van der Waals surface area contributed by atoms with Gasteiger partial charge in [-0.25, -0.2) is 13.1 Å². The van der Waals surface area contributed by atoms with E-state index in [4.69, 9.17) is 0 Å². The third-order valence-corrected chi connectivity index (χ3v) is 6.55. The average molecular weight is 372 g/mol. The number of anilines is 1. The molecule has 1 aromatic rings. The molecule has 6 nitrogen and oxygen atoms in total. The Balaban J connectivity index is 2.00. The van der Waals surface area contributed by atoms with E-state index < -0.39 is 10.0 Å². The van der Waals surface area contributed by atoms with Crippen molar-refractivity contribution in [1.29, 1.82) is 0 Å². The molecule has 3 N–H and O–H groups in total. The van der Waals surface area contributed by atoms with E-state index in [1.165, 1.54) is 12.1 Å². The van der Waals surface area contributed by atoms with Gasteiger partial charge in [0.05, 0.1) is 4.90 Å². The van der Waals surface area contributed by atoms with Crippen LogP contribution in [0.5, 0.6) is 0 Å². The van der Waals surface area contributed by atoms with Crippen molar-refractivity contribution in [3.05, 3.63) is 24.3 Å². The zero-order chi connectivity index (χ0) is 17.6. The van der Waals surface area contributed by atoms with Gasteiger partial charge in [-0.3, -0.25) is 4.79 Å². The Hall–Kier alpha value is -1.09. The number of sulfonamides is 1. The van der Waals surface area contributed by atoms with E-state index in [1.807, 2.05) is 25.6 Å². The monoisotopic (exact) mass is 371 g/mol. The molecule has 0 aromatic heterocycles. The minimum atomic E-state index is -3.57. The first kappa shape index (κ1) is 19.2. The molecule has 1 fully saturated rings. The van der Waals surface area contributed by atoms with Crippen molar-refractivity contribution >= 4 is 33.4 Å². The van der Waals surface area contributed by atoms with Gasteiger partial charge in [-0.15, -0.1) is 0 Å². The molecule has 0 radical (unpaired) electrons. The average Bonchev–Trinajstić information content (AvgIpc) is 2.55. The van der Waals surface area contributed by atoms with Crippen molar-refractivity contribution in [2.24, 2.45) is 0 Å². The molecule has 0 saturated carbocycles. The van der Waals surface area contributed by atoms with E-state index in [9.17, 15) is 13.2 Å². The standard InChI is InChI=1S/C16H25N3O3S2/c1-3-12(2)19-24(21,22)15-6-4-5-13(9-15)18-16(20)10-14-11-23-8-7-17-14/h4-6,9,12,14,17,19H,3,7-8,10-11H2,1-2H3,(H,18,20). The first-order valence-corrected chi connectivity index (χ1v) is 10.8. The van der Waals surface area contributed by atoms with Crippen molar-refractivity contribution in [3.63, 3.8) is 0 Å². The van der Waals surface area contributed by atoms with E-state index in [1.54, 1.807) is 12.1 Å². The maximum absolute atomic E-state index is 12.3. The van der Waals surface area contributed by atoms with Crippen molar-refractivity contribution < 1.29 is 13.2 Å². The number of benzene rings is 1. The lowest BCUT2D eigenvalue weighted by Crippen LogP contribution is -2.39. The molecule has 1 aliphatic heterocycles. The van der Waals surface area contributed by atoms with Crippen molar-refractivity contribution in [3.8, 4) is 0 Å². The number of carbonyl (C=O) groups excluding carboxylic acids is 1. The summed E-state index contributed by atoms with van der Waals surface area (Å²) in [4.78, 5) is 12.3. The van der Waals surface area contributed by atoms with Crippen LogP contribution in [0.25, 0.3) is 0 Å². The van der Waals surface area contributed by atoms with Crippen LogP contribution in [-0.4, -0.2) is 44.5 Å². The van der Waals surface area contributed by atoms with Crippen molar-refractivity contribution in [2.45, 2.75) is 43.7 Å². The minimum absolute atomic E-state index is 0.112. The van der Waals surface area contributed by atoms with Gasteiger partial charge in [-0.1, -0.05) is 13.0 Å². The number of carbonyl (C=O) groups is 1. The maximum Gasteiger partial charge on any atom is 0.240 e. The Morgan fingerprint density at radius 3 is 2.92 bits per heavy atom. The van der Waals surface area contributed by atoms with E-state index >= 15 is 0 Å². The zero-order valence-electron chi connectivity index (χ0n) is 14.0. The van der Waals surface area contributed by atoms with Crippen LogP contribution >= 0.6 is 11.8 Å². The summed E-state index contributed by atoms with van der Waals surface area (Å²) >= 11 is 1.83. The summed E-state index contributed by atoms with van der Waals surface area (Å²) in [7, 11) is -3.57. The topological polar surface area (TPSA) is 87.3 Å². The van der Waals surface area contributed by atoms with Gasteiger partial charge in [0.15, 0.2) is 0 Å². The molecule has 1 amide bonds. The first-order chi connectivity index (χ1) is 11.4. The van der Waals surface area contributed by atoms with Gasteiger partial charge in [-0.2, -0.15) is 11.8 Å². The number of rotatable bonds is 7. The van der Waals surface area contributed by atoms with E-state index in [2.05, 4.69) is 15.4 Å².